The molecule has 0 fully saturated rings. The van der Waals surface area contributed by atoms with Crippen molar-refractivity contribution in [1.29, 1.82) is 0 Å². The van der Waals surface area contributed by atoms with Crippen LogP contribution in [0.5, 0.6) is 11.5 Å². The van der Waals surface area contributed by atoms with Gasteiger partial charge in [0.1, 0.15) is 5.82 Å². The number of amides is 2. The maximum absolute atomic E-state index is 12.5. The lowest BCUT2D eigenvalue weighted by Crippen LogP contribution is -2.24. The van der Waals surface area contributed by atoms with E-state index in [9.17, 15) is 9.59 Å². The van der Waals surface area contributed by atoms with Crippen LogP contribution in [0.4, 0.5) is 16.3 Å². The van der Waals surface area contributed by atoms with Crippen LogP contribution in [0, 0.1) is 13.8 Å². The van der Waals surface area contributed by atoms with E-state index >= 15 is 0 Å². The highest BCUT2D eigenvalue weighted by Crippen LogP contribution is 2.34. The molecular weight excluding hydrogens is 376 g/mol. The summed E-state index contributed by atoms with van der Waals surface area (Å²) in [6.45, 7) is 5.60. The molecule has 0 saturated carbocycles. The molecule has 2 aromatic heterocycles. The van der Waals surface area contributed by atoms with Crippen LogP contribution in [0.3, 0.4) is 0 Å². The van der Waals surface area contributed by atoms with E-state index < -0.39 is 6.03 Å². The predicted molar refractivity (Wildman–Crippen MR) is 106 cm³/mol. The third kappa shape index (κ3) is 3.64. The number of fused-ring (bicyclic) bond motifs is 1. The summed E-state index contributed by atoms with van der Waals surface area (Å²) in [5.74, 6) is 1.80. The van der Waals surface area contributed by atoms with Crippen LogP contribution in [-0.2, 0) is 6.42 Å². The van der Waals surface area contributed by atoms with Crippen molar-refractivity contribution in [2.24, 2.45) is 0 Å². The van der Waals surface area contributed by atoms with Gasteiger partial charge in [0.25, 0.3) is 5.56 Å². The first kappa shape index (κ1) is 18.5. The van der Waals surface area contributed by atoms with Gasteiger partial charge in [-0.05, 0) is 32.4 Å². The van der Waals surface area contributed by atoms with Gasteiger partial charge in [0, 0.05) is 29.1 Å². The van der Waals surface area contributed by atoms with Gasteiger partial charge in [0.15, 0.2) is 11.5 Å². The summed E-state index contributed by atoms with van der Waals surface area (Å²) < 4.78 is 12.0. The molecule has 10 heteroatoms. The quantitative estimate of drug-likeness (QED) is 0.623. The maximum Gasteiger partial charge on any atom is 0.324 e. The van der Waals surface area contributed by atoms with Crippen molar-refractivity contribution in [2.75, 3.05) is 17.4 Å². The van der Waals surface area contributed by atoms with E-state index in [0.29, 0.717) is 46.4 Å². The third-order valence-corrected chi connectivity index (χ3v) is 4.47. The number of aryl methyl sites for hydroxylation is 2. The predicted octanol–water partition coefficient (Wildman–Crippen LogP) is 2.51. The molecule has 3 heterocycles. The summed E-state index contributed by atoms with van der Waals surface area (Å²) in [5, 5.41) is 9.79. The number of carbonyl (C=O) groups is 1. The van der Waals surface area contributed by atoms with Crippen LogP contribution < -0.4 is 25.7 Å². The normalized spacial score (nSPS) is 12.1. The number of benzene rings is 1. The molecular formula is C19H20N6O4. The number of aromatic nitrogens is 4. The molecule has 150 valence electrons. The number of aromatic amines is 1. The van der Waals surface area contributed by atoms with E-state index in [1.807, 2.05) is 6.92 Å². The van der Waals surface area contributed by atoms with Crippen molar-refractivity contribution >= 4 is 17.5 Å². The maximum atomic E-state index is 12.5. The molecule has 0 bridgehead atoms. The van der Waals surface area contributed by atoms with Crippen LogP contribution in [0.2, 0.25) is 0 Å². The van der Waals surface area contributed by atoms with Gasteiger partial charge in [-0.15, -0.1) is 0 Å². The topological polar surface area (TPSA) is 123 Å². The Balaban J connectivity index is 1.57. The fourth-order valence-electron chi connectivity index (χ4n) is 3.12. The van der Waals surface area contributed by atoms with Crippen LogP contribution in [0.25, 0.3) is 5.95 Å². The lowest BCUT2D eigenvalue weighted by molar-refractivity contribution is 0.174. The number of nitrogens with zero attached hydrogens (tertiary/aromatic N) is 3. The molecule has 3 N–H and O–H groups in total. The first-order valence-electron chi connectivity index (χ1n) is 9.09. The Morgan fingerprint density at radius 1 is 1.21 bits per heavy atom. The van der Waals surface area contributed by atoms with Gasteiger partial charge in [-0.25, -0.2) is 9.78 Å². The lowest BCUT2D eigenvalue weighted by Gasteiger charge is -2.11. The fourth-order valence-corrected chi connectivity index (χ4v) is 3.12. The van der Waals surface area contributed by atoms with Crippen LogP contribution in [-0.4, -0.2) is 32.6 Å². The third-order valence-electron chi connectivity index (χ3n) is 4.47. The first-order valence-corrected chi connectivity index (χ1v) is 9.09. The van der Waals surface area contributed by atoms with Crippen LogP contribution in [0.15, 0.2) is 29.1 Å². The molecule has 1 aliphatic rings. The number of hydrogen-bond acceptors (Lipinski definition) is 6. The molecule has 0 saturated heterocycles. The highest BCUT2D eigenvalue weighted by Gasteiger charge is 2.17. The average molecular weight is 396 g/mol. The minimum absolute atomic E-state index is 0.158. The first-order chi connectivity index (χ1) is 13.9. The summed E-state index contributed by atoms with van der Waals surface area (Å²) >= 11 is 0. The van der Waals surface area contributed by atoms with Crippen LogP contribution >= 0.6 is 0 Å². The Morgan fingerprint density at radius 3 is 2.76 bits per heavy atom. The summed E-state index contributed by atoms with van der Waals surface area (Å²) in [6, 6.07) is 6.31. The Bertz CT molecular complexity index is 1150. The zero-order chi connectivity index (χ0) is 20.5. The van der Waals surface area contributed by atoms with Crippen molar-refractivity contribution in [3.8, 4) is 17.4 Å². The largest absolute Gasteiger partial charge is 0.454 e. The second-order valence-corrected chi connectivity index (χ2v) is 6.54. The molecule has 1 aromatic carbocycles. The van der Waals surface area contributed by atoms with Crippen molar-refractivity contribution < 1.29 is 14.3 Å². The SMILES string of the molecule is CCc1c(C)nc(-n2nc(C)cc2NC(=O)Nc2ccc3c(c2)OCO3)[nH]c1=O. The molecule has 0 unspecified atom stereocenters. The second-order valence-electron chi connectivity index (χ2n) is 6.54. The zero-order valence-electron chi connectivity index (χ0n) is 16.2. The number of urea groups is 1. The zero-order valence-corrected chi connectivity index (χ0v) is 16.2. The number of nitrogens with one attached hydrogen (secondary N) is 3. The van der Waals surface area contributed by atoms with Gasteiger partial charge in [-0.1, -0.05) is 6.92 Å². The van der Waals surface area contributed by atoms with E-state index in [2.05, 4.69) is 25.7 Å². The molecule has 2 amide bonds. The lowest BCUT2D eigenvalue weighted by atomic mass is 10.2. The van der Waals surface area contributed by atoms with Gasteiger partial charge in [0.05, 0.1) is 5.69 Å². The van der Waals surface area contributed by atoms with Gasteiger partial charge in [0.2, 0.25) is 12.7 Å². The van der Waals surface area contributed by atoms with E-state index in [-0.39, 0.29) is 18.3 Å². The van der Waals surface area contributed by atoms with E-state index in [4.69, 9.17) is 9.47 Å². The molecule has 4 rings (SSSR count). The monoisotopic (exact) mass is 396 g/mol. The minimum Gasteiger partial charge on any atom is -0.454 e. The van der Waals surface area contributed by atoms with Crippen molar-refractivity contribution in [3.63, 3.8) is 0 Å². The van der Waals surface area contributed by atoms with E-state index in [0.717, 1.165) is 0 Å². The van der Waals surface area contributed by atoms with Gasteiger partial charge in [-0.2, -0.15) is 9.78 Å². The number of hydrogen-bond donors (Lipinski definition) is 3. The highest BCUT2D eigenvalue weighted by atomic mass is 16.7. The number of carbonyl (C=O) groups excluding carboxylic acids is 1. The number of anilines is 2. The summed E-state index contributed by atoms with van der Waals surface area (Å²) in [6.07, 6.45) is 0.579. The van der Waals surface area contributed by atoms with Gasteiger partial charge >= 0.3 is 6.03 Å². The van der Waals surface area contributed by atoms with E-state index in [1.54, 1.807) is 38.1 Å². The summed E-state index contributed by atoms with van der Waals surface area (Å²) in [7, 11) is 0. The number of ether oxygens (including phenoxy) is 2. The van der Waals surface area contributed by atoms with Gasteiger partial charge < -0.3 is 14.8 Å². The second kappa shape index (κ2) is 7.30. The highest BCUT2D eigenvalue weighted by molar-refractivity contribution is 5.99. The van der Waals surface area contributed by atoms with E-state index in [1.165, 1.54) is 4.68 Å². The molecule has 0 atom stereocenters. The number of H-pyrrole nitrogens is 1. The molecule has 3 aromatic rings. The smallest absolute Gasteiger partial charge is 0.324 e. The van der Waals surface area contributed by atoms with Crippen molar-refractivity contribution in [1.82, 2.24) is 19.7 Å². The Morgan fingerprint density at radius 2 is 2.00 bits per heavy atom. The Hall–Kier alpha value is -3.82. The molecule has 0 spiro atoms. The molecule has 0 aliphatic carbocycles. The molecule has 29 heavy (non-hydrogen) atoms. The molecule has 1 aliphatic heterocycles. The Labute approximate surface area is 165 Å². The number of rotatable bonds is 4. The average Bonchev–Trinajstić information content (AvgIpc) is 3.27. The van der Waals surface area contributed by atoms with Crippen molar-refractivity contribution in [3.05, 3.63) is 51.6 Å². The summed E-state index contributed by atoms with van der Waals surface area (Å²) in [5.41, 5.74) is 2.22. The Kier molecular flexibility index (Phi) is 4.67. The van der Waals surface area contributed by atoms with Gasteiger partial charge in [-0.3, -0.25) is 15.1 Å². The minimum atomic E-state index is -0.478. The standard InChI is InChI=1S/C19H20N6O4/c1-4-13-11(3)20-18(23-17(13)26)25-16(7-10(2)24-25)22-19(27)21-12-5-6-14-15(8-12)29-9-28-14/h5-8H,4,9H2,1-3H3,(H,20,23,26)(H2,21,22,27). The fraction of sp³-hybridized carbons (Fsp3) is 0.263. The molecule has 0 radical (unpaired) electrons. The van der Waals surface area contributed by atoms with Crippen LogP contribution in [0.1, 0.15) is 23.9 Å². The van der Waals surface area contributed by atoms with Crippen molar-refractivity contribution in [2.45, 2.75) is 27.2 Å². The molecule has 10 nitrogen and oxygen atoms in total. The summed E-state index contributed by atoms with van der Waals surface area (Å²) in [4.78, 5) is 31.9.